The maximum Gasteiger partial charge on any atom is 0.0246 e. The Morgan fingerprint density at radius 3 is 1.81 bits per heavy atom. The van der Waals surface area contributed by atoms with Crippen LogP contribution in [0.5, 0.6) is 0 Å². The summed E-state index contributed by atoms with van der Waals surface area (Å²) in [6.07, 6.45) is 0. The number of hydrogen-bond acceptors (Lipinski definition) is 2. The van der Waals surface area contributed by atoms with Gasteiger partial charge in [0.05, 0.1) is 0 Å². The molecule has 1 N–H and O–H groups in total. The Bertz CT molecular complexity index is 180. The quantitative estimate of drug-likeness (QED) is 0.751. The summed E-state index contributed by atoms with van der Waals surface area (Å²) >= 11 is 0. The molecule has 0 saturated heterocycles. The van der Waals surface area contributed by atoms with Gasteiger partial charge in [0.25, 0.3) is 0 Å². The van der Waals surface area contributed by atoms with Crippen LogP contribution in [-0.4, -0.2) is 35.6 Å². The van der Waals surface area contributed by atoms with Crippen LogP contribution in [0.1, 0.15) is 55.4 Å². The van der Waals surface area contributed by atoms with E-state index in [4.69, 9.17) is 0 Å². The molecule has 0 spiro atoms. The van der Waals surface area contributed by atoms with Crippen molar-refractivity contribution < 1.29 is 0 Å². The summed E-state index contributed by atoms with van der Waals surface area (Å²) in [5.41, 5.74) is 0.212. The van der Waals surface area contributed by atoms with Crippen LogP contribution >= 0.6 is 0 Å². The molecule has 0 radical (unpaired) electrons. The second kappa shape index (κ2) is 6.61. The lowest BCUT2D eigenvalue weighted by atomic mass is 9.99. The van der Waals surface area contributed by atoms with Crippen molar-refractivity contribution in [2.24, 2.45) is 5.92 Å². The van der Waals surface area contributed by atoms with Gasteiger partial charge >= 0.3 is 0 Å². The number of likely N-dealkylation sites (N-methyl/N-ethyl adjacent to an activating group) is 1. The van der Waals surface area contributed by atoms with E-state index in [1.165, 1.54) is 0 Å². The van der Waals surface area contributed by atoms with Gasteiger partial charge in [-0.1, -0.05) is 20.8 Å². The Morgan fingerprint density at radius 2 is 1.56 bits per heavy atom. The summed E-state index contributed by atoms with van der Waals surface area (Å²) in [5, 5.41) is 3.63. The minimum atomic E-state index is 0.212. The molecule has 0 amide bonds. The molecule has 16 heavy (non-hydrogen) atoms. The van der Waals surface area contributed by atoms with Gasteiger partial charge in [0, 0.05) is 24.2 Å². The smallest absolute Gasteiger partial charge is 0.0246 e. The van der Waals surface area contributed by atoms with Crippen molar-refractivity contribution in [1.29, 1.82) is 0 Å². The van der Waals surface area contributed by atoms with E-state index < -0.39 is 0 Å². The molecule has 98 valence electrons. The van der Waals surface area contributed by atoms with Gasteiger partial charge in [-0.2, -0.15) is 0 Å². The topological polar surface area (TPSA) is 15.3 Å². The number of rotatable bonds is 6. The van der Waals surface area contributed by atoms with Crippen molar-refractivity contribution in [2.75, 3.05) is 13.1 Å². The van der Waals surface area contributed by atoms with E-state index >= 15 is 0 Å². The van der Waals surface area contributed by atoms with Gasteiger partial charge in [-0.25, -0.2) is 0 Å². The maximum atomic E-state index is 3.63. The monoisotopic (exact) mass is 228 g/mol. The minimum Gasteiger partial charge on any atom is -0.311 e. The first-order valence-electron chi connectivity index (χ1n) is 6.69. The third-order valence-electron chi connectivity index (χ3n) is 3.07. The van der Waals surface area contributed by atoms with Crippen molar-refractivity contribution >= 4 is 0 Å². The molecule has 0 bridgehead atoms. The summed E-state index contributed by atoms with van der Waals surface area (Å²) in [6, 6.07) is 1.25. The highest BCUT2D eigenvalue weighted by Crippen LogP contribution is 2.14. The fraction of sp³-hybridized carbons (Fsp3) is 1.00. The minimum absolute atomic E-state index is 0.212. The molecule has 0 aromatic heterocycles. The predicted octanol–water partition coefficient (Wildman–Crippen LogP) is 3.13. The van der Waals surface area contributed by atoms with Crippen LogP contribution in [0.2, 0.25) is 0 Å². The molecule has 0 aliphatic heterocycles. The van der Waals surface area contributed by atoms with Gasteiger partial charge in [0.2, 0.25) is 0 Å². The molecule has 0 fully saturated rings. The van der Waals surface area contributed by atoms with E-state index in [0.717, 1.165) is 13.1 Å². The van der Waals surface area contributed by atoms with Crippen molar-refractivity contribution in [1.82, 2.24) is 10.2 Å². The Balaban J connectivity index is 4.48. The van der Waals surface area contributed by atoms with Crippen molar-refractivity contribution in [3.05, 3.63) is 0 Å². The SMILES string of the molecule is CCN(C(C)C)C(CNC(C)(C)C)C(C)C. The molecule has 0 heterocycles. The van der Waals surface area contributed by atoms with Crippen LogP contribution in [0.15, 0.2) is 0 Å². The maximum absolute atomic E-state index is 3.63. The number of nitrogens with one attached hydrogen (secondary N) is 1. The normalized spacial score (nSPS) is 15.2. The lowest BCUT2D eigenvalue weighted by Gasteiger charge is -2.38. The van der Waals surface area contributed by atoms with Gasteiger partial charge in [0.15, 0.2) is 0 Å². The molecule has 2 nitrogen and oxygen atoms in total. The zero-order chi connectivity index (χ0) is 12.9. The summed E-state index contributed by atoms with van der Waals surface area (Å²) in [7, 11) is 0. The Labute approximate surface area is 103 Å². The molecule has 0 aliphatic rings. The van der Waals surface area contributed by atoms with Gasteiger partial charge in [-0.05, 0) is 47.1 Å². The summed E-state index contributed by atoms with van der Waals surface area (Å²) < 4.78 is 0. The first-order chi connectivity index (χ1) is 7.19. The predicted molar refractivity (Wildman–Crippen MR) is 73.9 cm³/mol. The third kappa shape index (κ3) is 5.86. The van der Waals surface area contributed by atoms with Gasteiger partial charge in [0.1, 0.15) is 0 Å². The Kier molecular flexibility index (Phi) is 6.57. The fourth-order valence-electron chi connectivity index (χ4n) is 2.13. The van der Waals surface area contributed by atoms with Crippen molar-refractivity contribution in [3.8, 4) is 0 Å². The van der Waals surface area contributed by atoms with Gasteiger partial charge in [-0.15, -0.1) is 0 Å². The highest BCUT2D eigenvalue weighted by Gasteiger charge is 2.24. The van der Waals surface area contributed by atoms with Crippen LogP contribution in [0.3, 0.4) is 0 Å². The van der Waals surface area contributed by atoms with Crippen LogP contribution in [0, 0.1) is 5.92 Å². The Morgan fingerprint density at radius 1 is 1.06 bits per heavy atom. The molecule has 1 atom stereocenters. The molecule has 0 saturated carbocycles. The average Bonchev–Trinajstić information content (AvgIpc) is 2.08. The fourth-order valence-corrected chi connectivity index (χ4v) is 2.13. The summed E-state index contributed by atoms with van der Waals surface area (Å²) in [6.45, 7) is 20.4. The first-order valence-corrected chi connectivity index (χ1v) is 6.69. The highest BCUT2D eigenvalue weighted by molar-refractivity contribution is 4.82. The zero-order valence-corrected chi connectivity index (χ0v) is 12.6. The average molecular weight is 228 g/mol. The number of nitrogens with zero attached hydrogens (tertiary/aromatic N) is 1. The summed E-state index contributed by atoms with van der Waals surface area (Å²) in [4.78, 5) is 2.59. The second-order valence-corrected chi connectivity index (χ2v) is 6.37. The van der Waals surface area contributed by atoms with E-state index in [-0.39, 0.29) is 5.54 Å². The van der Waals surface area contributed by atoms with Crippen LogP contribution < -0.4 is 5.32 Å². The number of hydrogen-bond donors (Lipinski definition) is 1. The molecular weight excluding hydrogens is 196 g/mol. The largest absolute Gasteiger partial charge is 0.311 e. The van der Waals surface area contributed by atoms with Crippen LogP contribution in [-0.2, 0) is 0 Å². The van der Waals surface area contributed by atoms with Gasteiger partial charge < -0.3 is 5.32 Å². The molecule has 1 unspecified atom stereocenters. The Hall–Kier alpha value is -0.0800. The molecule has 0 aromatic rings. The molecular formula is C14H32N2. The lowest BCUT2D eigenvalue weighted by Crippen LogP contribution is -2.52. The highest BCUT2D eigenvalue weighted by atomic mass is 15.2. The van der Waals surface area contributed by atoms with E-state index in [1.54, 1.807) is 0 Å². The van der Waals surface area contributed by atoms with E-state index in [2.05, 4.69) is 65.6 Å². The standard InChI is InChI=1S/C14H32N2/c1-9-16(12(4)5)13(11(2)3)10-15-14(6,7)8/h11-13,15H,9-10H2,1-8H3. The second-order valence-electron chi connectivity index (χ2n) is 6.37. The van der Waals surface area contributed by atoms with E-state index in [0.29, 0.717) is 18.0 Å². The third-order valence-corrected chi connectivity index (χ3v) is 3.07. The lowest BCUT2D eigenvalue weighted by molar-refractivity contribution is 0.117. The molecule has 0 aromatic carbocycles. The van der Waals surface area contributed by atoms with Crippen molar-refractivity contribution in [3.63, 3.8) is 0 Å². The molecule has 0 rings (SSSR count). The van der Waals surface area contributed by atoms with E-state index in [9.17, 15) is 0 Å². The van der Waals surface area contributed by atoms with E-state index in [1.807, 2.05) is 0 Å². The molecule has 2 heteroatoms. The first kappa shape index (κ1) is 15.9. The molecule has 0 aliphatic carbocycles. The van der Waals surface area contributed by atoms with Gasteiger partial charge in [-0.3, -0.25) is 4.90 Å². The zero-order valence-electron chi connectivity index (χ0n) is 12.6. The summed E-state index contributed by atoms with van der Waals surface area (Å²) in [5.74, 6) is 0.692. The van der Waals surface area contributed by atoms with Crippen LogP contribution in [0.4, 0.5) is 0 Å². The van der Waals surface area contributed by atoms with Crippen molar-refractivity contribution in [2.45, 2.75) is 73.0 Å². The van der Waals surface area contributed by atoms with Crippen LogP contribution in [0.25, 0.3) is 0 Å².